The first-order chi connectivity index (χ1) is 30.3. The maximum absolute atomic E-state index is 6.76. The first kappa shape index (κ1) is 34.9. The van der Waals surface area contributed by atoms with Crippen molar-refractivity contribution in [2.75, 3.05) is 4.90 Å². The van der Waals surface area contributed by atoms with Crippen molar-refractivity contribution < 1.29 is 4.42 Å². The molecule has 3 heteroatoms. The molecule has 0 aliphatic heterocycles. The van der Waals surface area contributed by atoms with Crippen molar-refractivity contribution in [1.29, 1.82) is 0 Å². The number of para-hydroxylation sites is 5. The minimum atomic E-state index is 0.852. The SMILES string of the molecule is c1ccc(-c2cccc3cccc(-c4ccccc4N(c4ccc(-c5ccc6c7ccccc7n(-c7ccccc7)c6c5)cc4)c4cccc5c4oc4ccccc45)c23)cc1. The maximum Gasteiger partial charge on any atom is 0.159 e. The fourth-order valence-corrected chi connectivity index (χ4v) is 9.44. The second-order valence-corrected chi connectivity index (χ2v) is 15.6. The molecule has 0 radical (unpaired) electrons. The summed E-state index contributed by atoms with van der Waals surface area (Å²) in [5.74, 6) is 0. The third kappa shape index (κ3) is 5.74. The van der Waals surface area contributed by atoms with Crippen molar-refractivity contribution in [2.45, 2.75) is 0 Å². The number of fused-ring (bicyclic) bond motifs is 7. The molecule has 0 amide bonds. The number of benzene rings is 10. The predicted molar refractivity (Wildman–Crippen MR) is 257 cm³/mol. The van der Waals surface area contributed by atoms with Gasteiger partial charge < -0.3 is 13.9 Å². The average Bonchev–Trinajstić information content (AvgIpc) is 3.88. The average molecular weight is 779 g/mol. The van der Waals surface area contributed by atoms with E-state index < -0.39 is 0 Å². The molecule has 12 aromatic rings. The van der Waals surface area contributed by atoms with Crippen LogP contribution in [-0.4, -0.2) is 4.57 Å². The summed E-state index contributed by atoms with van der Waals surface area (Å²) < 4.78 is 9.14. The van der Waals surface area contributed by atoms with Gasteiger partial charge in [0.2, 0.25) is 0 Å². The Morgan fingerprint density at radius 1 is 0.361 bits per heavy atom. The van der Waals surface area contributed by atoms with Crippen LogP contribution in [0.5, 0.6) is 0 Å². The third-order valence-corrected chi connectivity index (χ3v) is 12.2. The van der Waals surface area contributed by atoms with Crippen LogP contribution in [-0.2, 0) is 0 Å². The Hall–Kier alpha value is -8.14. The van der Waals surface area contributed by atoms with Crippen LogP contribution in [0, 0.1) is 0 Å². The summed E-state index contributed by atoms with van der Waals surface area (Å²) >= 11 is 0. The fraction of sp³-hybridized carbons (Fsp3) is 0. The van der Waals surface area contributed by atoms with Crippen LogP contribution in [0.4, 0.5) is 17.1 Å². The number of hydrogen-bond acceptors (Lipinski definition) is 2. The maximum atomic E-state index is 6.76. The summed E-state index contributed by atoms with van der Waals surface area (Å²) in [5.41, 5.74) is 15.4. The summed E-state index contributed by atoms with van der Waals surface area (Å²) in [7, 11) is 0. The highest BCUT2D eigenvalue weighted by molar-refractivity contribution is 6.13. The molecule has 0 spiro atoms. The molecule has 12 rings (SSSR count). The van der Waals surface area contributed by atoms with E-state index in [1.807, 2.05) is 6.07 Å². The van der Waals surface area contributed by atoms with Crippen molar-refractivity contribution in [3.8, 4) is 39.1 Å². The van der Waals surface area contributed by atoms with E-state index in [0.29, 0.717) is 0 Å². The highest BCUT2D eigenvalue weighted by Gasteiger charge is 2.23. The lowest BCUT2D eigenvalue weighted by atomic mass is 9.90. The molecular formula is C58H38N2O. The molecule has 61 heavy (non-hydrogen) atoms. The minimum Gasteiger partial charge on any atom is -0.454 e. The first-order valence-corrected chi connectivity index (χ1v) is 20.8. The Balaban J connectivity index is 1.06. The molecule has 0 aliphatic rings. The van der Waals surface area contributed by atoms with Gasteiger partial charge in [0, 0.05) is 38.5 Å². The van der Waals surface area contributed by atoms with E-state index >= 15 is 0 Å². The van der Waals surface area contributed by atoms with Gasteiger partial charge in [0.25, 0.3) is 0 Å². The van der Waals surface area contributed by atoms with E-state index in [2.05, 4.69) is 234 Å². The van der Waals surface area contributed by atoms with Gasteiger partial charge in [-0.1, -0.05) is 176 Å². The van der Waals surface area contributed by atoms with Crippen molar-refractivity contribution in [3.63, 3.8) is 0 Å². The quantitative estimate of drug-likeness (QED) is 0.161. The van der Waals surface area contributed by atoms with Gasteiger partial charge in [0.1, 0.15) is 5.58 Å². The third-order valence-electron chi connectivity index (χ3n) is 12.2. The molecule has 0 fully saturated rings. The Labute approximate surface area is 353 Å². The van der Waals surface area contributed by atoms with Crippen LogP contribution < -0.4 is 4.90 Å². The van der Waals surface area contributed by atoms with E-state index in [4.69, 9.17) is 4.42 Å². The Bertz CT molecular complexity index is 3580. The smallest absolute Gasteiger partial charge is 0.159 e. The van der Waals surface area contributed by atoms with Gasteiger partial charge in [-0.25, -0.2) is 0 Å². The van der Waals surface area contributed by atoms with Crippen molar-refractivity contribution in [3.05, 3.63) is 231 Å². The van der Waals surface area contributed by atoms with Crippen LogP contribution >= 0.6 is 0 Å². The molecule has 0 N–H and O–H groups in total. The lowest BCUT2D eigenvalue weighted by Gasteiger charge is -2.28. The molecule has 0 unspecified atom stereocenters. The summed E-state index contributed by atoms with van der Waals surface area (Å²) in [4.78, 5) is 2.38. The zero-order chi connectivity index (χ0) is 40.3. The molecule has 0 bridgehead atoms. The molecule has 286 valence electrons. The summed E-state index contributed by atoms with van der Waals surface area (Å²) in [6.07, 6.45) is 0. The summed E-state index contributed by atoms with van der Waals surface area (Å²) in [6, 6.07) is 82.8. The second kappa shape index (κ2) is 14.3. The molecule has 2 aromatic heterocycles. The lowest BCUT2D eigenvalue weighted by molar-refractivity contribution is 0.669. The minimum absolute atomic E-state index is 0.852. The molecular weight excluding hydrogens is 741 g/mol. The fourth-order valence-electron chi connectivity index (χ4n) is 9.44. The van der Waals surface area contributed by atoms with Gasteiger partial charge in [0.15, 0.2) is 5.58 Å². The van der Waals surface area contributed by atoms with Gasteiger partial charge >= 0.3 is 0 Å². The Morgan fingerprint density at radius 2 is 0.967 bits per heavy atom. The molecule has 0 atom stereocenters. The van der Waals surface area contributed by atoms with Crippen LogP contribution in [0.1, 0.15) is 0 Å². The Morgan fingerprint density at radius 3 is 1.80 bits per heavy atom. The van der Waals surface area contributed by atoms with E-state index in [0.717, 1.165) is 61.4 Å². The largest absolute Gasteiger partial charge is 0.454 e. The normalized spacial score (nSPS) is 11.6. The van der Waals surface area contributed by atoms with Gasteiger partial charge in [-0.15, -0.1) is 0 Å². The predicted octanol–water partition coefficient (Wildman–Crippen LogP) is 16.3. The highest BCUT2D eigenvalue weighted by Crippen LogP contribution is 2.48. The molecule has 10 aromatic carbocycles. The molecule has 0 aliphatic carbocycles. The van der Waals surface area contributed by atoms with Gasteiger partial charge in [-0.3, -0.25) is 0 Å². The monoisotopic (exact) mass is 778 g/mol. The van der Waals surface area contributed by atoms with E-state index in [1.165, 1.54) is 49.3 Å². The van der Waals surface area contributed by atoms with E-state index in [1.54, 1.807) is 0 Å². The zero-order valence-corrected chi connectivity index (χ0v) is 33.2. The molecule has 3 nitrogen and oxygen atoms in total. The summed E-state index contributed by atoms with van der Waals surface area (Å²) in [5, 5.41) is 7.11. The molecule has 0 saturated carbocycles. The highest BCUT2D eigenvalue weighted by atomic mass is 16.3. The number of rotatable bonds is 7. The van der Waals surface area contributed by atoms with Gasteiger partial charge in [0.05, 0.1) is 22.4 Å². The number of furan rings is 1. The van der Waals surface area contributed by atoms with Crippen molar-refractivity contribution in [2.24, 2.45) is 0 Å². The van der Waals surface area contributed by atoms with Crippen molar-refractivity contribution >= 4 is 71.6 Å². The van der Waals surface area contributed by atoms with Gasteiger partial charge in [-0.2, -0.15) is 0 Å². The standard InChI is InChI=1S/C58H38N2O/c1-3-16-40(17-4-1)45-25-13-18-41-19-14-26-50(57(41)45)47-23-8-11-29-53(47)59(54-30-15-27-51-49-24-9-12-31-56(49)61-58(51)54)44-35-32-39(33-36-44)42-34-37-48-46-22-7-10-28-52(46)60(55(48)38-42)43-20-5-2-6-21-43/h1-38H. The van der Waals surface area contributed by atoms with E-state index in [-0.39, 0.29) is 0 Å². The topological polar surface area (TPSA) is 21.3 Å². The van der Waals surface area contributed by atoms with Crippen LogP contribution in [0.3, 0.4) is 0 Å². The second-order valence-electron chi connectivity index (χ2n) is 15.6. The molecule has 2 heterocycles. The van der Waals surface area contributed by atoms with E-state index in [9.17, 15) is 0 Å². The number of anilines is 3. The Kier molecular flexibility index (Phi) is 8.17. The zero-order valence-electron chi connectivity index (χ0n) is 33.2. The van der Waals surface area contributed by atoms with Crippen LogP contribution in [0.2, 0.25) is 0 Å². The first-order valence-electron chi connectivity index (χ1n) is 20.8. The number of hydrogen-bond donors (Lipinski definition) is 0. The number of aromatic nitrogens is 1. The summed E-state index contributed by atoms with van der Waals surface area (Å²) in [6.45, 7) is 0. The van der Waals surface area contributed by atoms with Crippen LogP contribution in [0.15, 0.2) is 235 Å². The molecule has 0 saturated heterocycles. The number of nitrogens with zero attached hydrogens (tertiary/aromatic N) is 2. The van der Waals surface area contributed by atoms with Gasteiger partial charge in [-0.05, 0) is 93.2 Å². The van der Waals surface area contributed by atoms with Crippen molar-refractivity contribution in [1.82, 2.24) is 4.57 Å². The lowest BCUT2D eigenvalue weighted by Crippen LogP contribution is -2.11. The van der Waals surface area contributed by atoms with Crippen LogP contribution in [0.25, 0.3) is 93.6 Å².